The molecule has 0 radical (unpaired) electrons. The van der Waals surface area contributed by atoms with Gasteiger partial charge in [0.15, 0.2) is 0 Å². The quantitative estimate of drug-likeness (QED) is 0.734. The molecule has 0 aliphatic carbocycles. The number of fused-ring (bicyclic) bond motifs is 1. The van der Waals surface area contributed by atoms with E-state index in [1.54, 1.807) is 36.5 Å². The van der Waals surface area contributed by atoms with E-state index in [1.165, 1.54) is 12.1 Å². The predicted octanol–water partition coefficient (Wildman–Crippen LogP) is 3.44. The maximum Gasteiger partial charge on any atom is 0.227 e. The second-order valence-corrected chi connectivity index (χ2v) is 4.12. The number of rotatable bonds is 2. The Morgan fingerprint density at radius 3 is 2.37 bits per heavy atom. The van der Waals surface area contributed by atoms with Crippen LogP contribution in [0.2, 0.25) is 0 Å². The van der Waals surface area contributed by atoms with E-state index in [0.717, 1.165) is 10.8 Å². The lowest BCUT2D eigenvalue weighted by atomic mass is 10.1. The van der Waals surface area contributed by atoms with E-state index in [-0.39, 0.29) is 11.5 Å². The van der Waals surface area contributed by atoms with E-state index in [2.05, 4.69) is 4.98 Å². The number of pyridine rings is 1. The van der Waals surface area contributed by atoms with Crippen LogP contribution in [-0.2, 0) is 0 Å². The molecular formula is C15H11NO3. The van der Waals surface area contributed by atoms with E-state index in [4.69, 9.17) is 4.74 Å². The summed E-state index contributed by atoms with van der Waals surface area (Å²) in [5.41, 5.74) is 0. The van der Waals surface area contributed by atoms with Crippen molar-refractivity contribution in [1.29, 1.82) is 0 Å². The Bertz CT molecular complexity index is 723. The average molecular weight is 253 g/mol. The third kappa shape index (κ3) is 2.28. The predicted molar refractivity (Wildman–Crippen MR) is 71.6 cm³/mol. The molecule has 2 aromatic carbocycles. The Labute approximate surface area is 109 Å². The zero-order chi connectivity index (χ0) is 13.2. The van der Waals surface area contributed by atoms with Gasteiger partial charge in [0.1, 0.15) is 17.2 Å². The monoisotopic (exact) mass is 253 g/mol. The molecule has 0 saturated heterocycles. The number of phenols is 2. The Morgan fingerprint density at radius 1 is 0.842 bits per heavy atom. The molecule has 0 amide bonds. The minimum Gasteiger partial charge on any atom is -0.508 e. The SMILES string of the molecule is Oc1ccc(Oc2nccc3ccc(O)cc23)cc1. The summed E-state index contributed by atoms with van der Waals surface area (Å²) in [5.74, 6) is 1.33. The molecule has 94 valence electrons. The van der Waals surface area contributed by atoms with Gasteiger partial charge in [0.05, 0.1) is 0 Å². The van der Waals surface area contributed by atoms with Crippen molar-refractivity contribution in [2.45, 2.75) is 0 Å². The third-order valence-electron chi connectivity index (χ3n) is 2.76. The van der Waals surface area contributed by atoms with Gasteiger partial charge < -0.3 is 14.9 Å². The number of benzene rings is 2. The van der Waals surface area contributed by atoms with Gasteiger partial charge in [0, 0.05) is 11.6 Å². The van der Waals surface area contributed by atoms with Crippen LogP contribution in [0, 0.1) is 0 Å². The highest BCUT2D eigenvalue weighted by Crippen LogP contribution is 2.30. The van der Waals surface area contributed by atoms with Crippen LogP contribution in [0.3, 0.4) is 0 Å². The summed E-state index contributed by atoms with van der Waals surface area (Å²) >= 11 is 0. The molecule has 0 unspecified atom stereocenters. The zero-order valence-corrected chi connectivity index (χ0v) is 9.95. The lowest BCUT2D eigenvalue weighted by Gasteiger charge is -2.08. The van der Waals surface area contributed by atoms with Gasteiger partial charge >= 0.3 is 0 Å². The first-order chi connectivity index (χ1) is 9.22. The van der Waals surface area contributed by atoms with E-state index in [0.29, 0.717) is 11.6 Å². The summed E-state index contributed by atoms with van der Waals surface area (Å²) in [6.07, 6.45) is 1.65. The van der Waals surface area contributed by atoms with Crippen molar-refractivity contribution in [2.24, 2.45) is 0 Å². The van der Waals surface area contributed by atoms with Crippen molar-refractivity contribution >= 4 is 10.8 Å². The Balaban J connectivity index is 2.05. The molecule has 4 heteroatoms. The lowest BCUT2D eigenvalue weighted by molar-refractivity contribution is 0.457. The van der Waals surface area contributed by atoms with E-state index in [9.17, 15) is 10.2 Å². The first-order valence-electron chi connectivity index (χ1n) is 5.77. The summed E-state index contributed by atoms with van der Waals surface area (Å²) in [5, 5.41) is 20.4. The molecule has 0 bridgehead atoms. The first kappa shape index (κ1) is 11.3. The lowest BCUT2D eigenvalue weighted by Crippen LogP contribution is -1.89. The number of aromatic hydroxyl groups is 2. The number of nitrogens with zero attached hydrogens (tertiary/aromatic N) is 1. The summed E-state index contributed by atoms with van der Waals surface area (Å²) in [7, 11) is 0. The van der Waals surface area contributed by atoms with Crippen LogP contribution >= 0.6 is 0 Å². The maximum absolute atomic E-state index is 9.54. The van der Waals surface area contributed by atoms with Crippen LogP contribution < -0.4 is 4.74 Å². The highest BCUT2D eigenvalue weighted by molar-refractivity contribution is 5.88. The Hall–Kier alpha value is -2.75. The number of phenolic OH excluding ortho intramolecular Hbond substituents is 2. The van der Waals surface area contributed by atoms with E-state index < -0.39 is 0 Å². The van der Waals surface area contributed by atoms with Gasteiger partial charge in [0.25, 0.3) is 0 Å². The fourth-order valence-electron chi connectivity index (χ4n) is 1.84. The van der Waals surface area contributed by atoms with E-state index >= 15 is 0 Å². The molecule has 3 aromatic rings. The van der Waals surface area contributed by atoms with Crippen molar-refractivity contribution in [3.63, 3.8) is 0 Å². The second kappa shape index (κ2) is 4.49. The first-order valence-corrected chi connectivity index (χ1v) is 5.77. The van der Waals surface area contributed by atoms with Crippen LogP contribution in [-0.4, -0.2) is 15.2 Å². The van der Waals surface area contributed by atoms with Gasteiger partial charge in [-0.1, -0.05) is 6.07 Å². The van der Waals surface area contributed by atoms with Gasteiger partial charge in [-0.25, -0.2) is 4.98 Å². The molecule has 4 nitrogen and oxygen atoms in total. The summed E-state index contributed by atoms with van der Waals surface area (Å²) in [6, 6.07) is 13.3. The minimum atomic E-state index is 0.163. The molecule has 0 aliphatic heterocycles. The molecule has 0 spiro atoms. The molecule has 1 aromatic heterocycles. The summed E-state index contributed by atoms with van der Waals surface area (Å²) < 4.78 is 5.67. The zero-order valence-electron chi connectivity index (χ0n) is 9.95. The third-order valence-corrected chi connectivity index (χ3v) is 2.76. The highest BCUT2D eigenvalue weighted by Gasteiger charge is 2.06. The molecule has 1 heterocycles. The largest absolute Gasteiger partial charge is 0.508 e. The fourth-order valence-corrected chi connectivity index (χ4v) is 1.84. The molecule has 19 heavy (non-hydrogen) atoms. The van der Waals surface area contributed by atoms with Gasteiger partial charge in [-0.2, -0.15) is 0 Å². The van der Waals surface area contributed by atoms with Gasteiger partial charge in [0.2, 0.25) is 5.88 Å². The molecule has 0 saturated carbocycles. The number of hydrogen-bond acceptors (Lipinski definition) is 4. The van der Waals surface area contributed by atoms with Crippen LogP contribution in [0.1, 0.15) is 0 Å². The van der Waals surface area contributed by atoms with Gasteiger partial charge in [-0.15, -0.1) is 0 Å². The van der Waals surface area contributed by atoms with E-state index in [1.807, 2.05) is 6.07 Å². The summed E-state index contributed by atoms with van der Waals surface area (Å²) in [6.45, 7) is 0. The van der Waals surface area contributed by atoms with Crippen molar-refractivity contribution in [2.75, 3.05) is 0 Å². The van der Waals surface area contributed by atoms with Crippen molar-refractivity contribution in [3.8, 4) is 23.1 Å². The molecule has 2 N–H and O–H groups in total. The second-order valence-electron chi connectivity index (χ2n) is 4.12. The average Bonchev–Trinajstić information content (AvgIpc) is 2.42. The topological polar surface area (TPSA) is 62.6 Å². The van der Waals surface area contributed by atoms with Crippen molar-refractivity contribution in [3.05, 3.63) is 54.7 Å². The number of aromatic nitrogens is 1. The van der Waals surface area contributed by atoms with Crippen molar-refractivity contribution < 1.29 is 14.9 Å². The normalized spacial score (nSPS) is 10.5. The Kier molecular flexibility index (Phi) is 2.68. The molecule has 3 rings (SSSR count). The van der Waals surface area contributed by atoms with Crippen LogP contribution in [0.25, 0.3) is 10.8 Å². The van der Waals surface area contributed by atoms with Crippen LogP contribution in [0.5, 0.6) is 23.1 Å². The number of ether oxygens (including phenoxy) is 1. The van der Waals surface area contributed by atoms with Gasteiger partial charge in [-0.3, -0.25) is 0 Å². The molecule has 0 aliphatic rings. The molecule has 0 atom stereocenters. The van der Waals surface area contributed by atoms with Crippen LogP contribution in [0.15, 0.2) is 54.7 Å². The number of hydrogen-bond donors (Lipinski definition) is 2. The maximum atomic E-state index is 9.54. The fraction of sp³-hybridized carbons (Fsp3) is 0. The Morgan fingerprint density at radius 2 is 1.58 bits per heavy atom. The molecular weight excluding hydrogens is 242 g/mol. The highest BCUT2D eigenvalue weighted by atomic mass is 16.5. The van der Waals surface area contributed by atoms with Crippen LogP contribution in [0.4, 0.5) is 0 Å². The minimum absolute atomic E-state index is 0.163. The molecule has 0 fully saturated rings. The standard InChI is InChI=1S/C15H11NO3/c17-11-3-5-13(6-4-11)19-15-14-9-12(18)2-1-10(14)7-8-16-15/h1-9,17-18H. The smallest absolute Gasteiger partial charge is 0.227 e. The summed E-state index contributed by atoms with van der Waals surface area (Å²) in [4.78, 5) is 4.17. The van der Waals surface area contributed by atoms with Crippen molar-refractivity contribution in [1.82, 2.24) is 4.98 Å². The van der Waals surface area contributed by atoms with Gasteiger partial charge in [-0.05, 0) is 47.9 Å².